The van der Waals surface area contributed by atoms with E-state index in [1.165, 1.54) is 0 Å². The molecule has 1 amide bonds. The van der Waals surface area contributed by atoms with E-state index in [-0.39, 0.29) is 0 Å². The first-order chi connectivity index (χ1) is 6.95. The molecule has 0 aliphatic rings. The molecule has 0 radical (unpaired) electrons. The normalized spacial score (nSPS) is 14.3. The third-order valence-corrected chi connectivity index (χ3v) is 2.27. The lowest BCUT2D eigenvalue weighted by molar-refractivity contribution is -0.122. The Kier molecular flexibility index (Phi) is 3.31. The summed E-state index contributed by atoms with van der Waals surface area (Å²) in [6.45, 7) is 1.62. The maximum atomic E-state index is 11.0. The number of carbonyl (C=O) groups is 1. The molecule has 0 aliphatic carbocycles. The van der Waals surface area contributed by atoms with E-state index < -0.39 is 11.4 Å². The number of primary amides is 1. The first-order valence-electron chi connectivity index (χ1n) is 4.67. The van der Waals surface area contributed by atoms with Gasteiger partial charge in [-0.25, -0.2) is 0 Å². The van der Waals surface area contributed by atoms with Crippen LogP contribution in [0.3, 0.4) is 0 Å². The fourth-order valence-corrected chi connectivity index (χ4v) is 1.29. The molecule has 15 heavy (non-hydrogen) atoms. The Bertz CT molecular complexity index is 361. The summed E-state index contributed by atoms with van der Waals surface area (Å²) in [5.41, 5.74) is 10.9. The van der Waals surface area contributed by atoms with E-state index in [9.17, 15) is 4.79 Å². The second-order valence-electron chi connectivity index (χ2n) is 3.81. The van der Waals surface area contributed by atoms with Crippen molar-refractivity contribution in [1.82, 2.24) is 0 Å². The quantitative estimate of drug-likeness (QED) is 0.753. The molecule has 1 aromatic carbocycles. The number of rotatable bonds is 4. The number of nitrogens with two attached hydrogens (primary N) is 2. The molecule has 0 saturated heterocycles. The molecule has 4 N–H and O–H groups in total. The minimum absolute atomic E-state index is 0.402. The first-order valence-corrected chi connectivity index (χ1v) is 4.67. The van der Waals surface area contributed by atoms with Crippen molar-refractivity contribution in [2.75, 3.05) is 7.11 Å². The molecule has 0 aromatic heterocycles. The SMILES string of the molecule is COc1cccc(CC(C)(N)C(N)=O)c1. The summed E-state index contributed by atoms with van der Waals surface area (Å²) in [6, 6.07) is 7.41. The van der Waals surface area contributed by atoms with Crippen molar-refractivity contribution < 1.29 is 9.53 Å². The van der Waals surface area contributed by atoms with Crippen LogP contribution in [0.15, 0.2) is 24.3 Å². The van der Waals surface area contributed by atoms with Gasteiger partial charge in [-0.05, 0) is 31.0 Å². The highest BCUT2D eigenvalue weighted by Gasteiger charge is 2.25. The Morgan fingerprint density at radius 1 is 1.53 bits per heavy atom. The minimum Gasteiger partial charge on any atom is -0.497 e. The van der Waals surface area contributed by atoms with E-state index in [2.05, 4.69) is 0 Å². The van der Waals surface area contributed by atoms with Gasteiger partial charge >= 0.3 is 0 Å². The van der Waals surface area contributed by atoms with E-state index in [1.807, 2.05) is 24.3 Å². The molecule has 82 valence electrons. The fourth-order valence-electron chi connectivity index (χ4n) is 1.29. The van der Waals surface area contributed by atoms with Crippen molar-refractivity contribution in [3.63, 3.8) is 0 Å². The molecule has 0 bridgehead atoms. The summed E-state index contributed by atoms with van der Waals surface area (Å²) in [5.74, 6) is 0.234. The van der Waals surface area contributed by atoms with Crippen LogP contribution in [0.4, 0.5) is 0 Å². The minimum atomic E-state index is -1.02. The van der Waals surface area contributed by atoms with Gasteiger partial charge in [0.15, 0.2) is 0 Å². The van der Waals surface area contributed by atoms with Crippen LogP contribution in [0.2, 0.25) is 0 Å². The zero-order chi connectivity index (χ0) is 11.5. The van der Waals surface area contributed by atoms with Crippen LogP contribution < -0.4 is 16.2 Å². The molecule has 0 fully saturated rings. The van der Waals surface area contributed by atoms with E-state index in [1.54, 1.807) is 14.0 Å². The molecule has 0 heterocycles. The van der Waals surface area contributed by atoms with Crippen LogP contribution in [0.1, 0.15) is 12.5 Å². The van der Waals surface area contributed by atoms with Crippen molar-refractivity contribution in [1.29, 1.82) is 0 Å². The van der Waals surface area contributed by atoms with Gasteiger partial charge in [0.05, 0.1) is 12.6 Å². The Balaban J connectivity index is 2.85. The zero-order valence-electron chi connectivity index (χ0n) is 8.99. The molecule has 4 nitrogen and oxygen atoms in total. The van der Waals surface area contributed by atoms with Gasteiger partial charge in [0.2, 0.25) is 5.91 Å². The largest absolute Gasteiger partial charge is 0.497 e. The highest BCUT2D eigenvalue weighted by molar-refractivity contribution is 5.84. The summed E-state index contributed by atoms with van der Waals surface area (Å²) in [5, 5.41) is 0. The van der Waals surface area contributed by atoms with Gasteiger partial charge in [0.1, 0.15) is 5.75 Å². The van der Waals surface area contributed by atoms with Gasteiger partial charge in [-0.2, -0.15) is 0 Å². The molecular weight excluding hydrogens is 192 g/mol. The average Bonchev–Trinajstić information content (AvgIpc) is 2.17. The van der Waals surface area contributed by atoms with Crippen molar-refractivity contribution in [3.8, 4) is 5.75 Å². The average molecular weight is 208 g/mol. The van der Waals surface area contributed by atoms with Crippen LogP contribution >= 0.6 is 0 Å². The molecule has 1 aromatic rings. The summed E-state index contributed by atoms with van der Waals surface area (Å²) >= 11 is 0. The summed E-state index contributed by atoms with van der Waals surface area (Å²) in [7, 11) is 1.59. The Morgan fingerprint density at radius 3 is 2.73 bits per heavy atom. The number of methoxy groups -OCH3 is 1. The topological polar surface area (TPSA) is 78.3 Å². The second-order valence-corrected chi connectivity index (χ2v) is 3.81. The van der Waals surface area contributed by atoms with Crippen molar-refractivity contribution in [2.24, 2.45) is 11.5 Å². The van der Waals surface area contributed by atoms with Crippen LogP contribution in [0, 0.1) is 0 Å². The van der Waals surface area contributed by atoms with E-state index in [0.717, 1.165) is 11.3 Å². The standard InChI is InChI=1S/C11H16N2O2/c1-11(13,10(12)14)7-8-4-3-5-9(6-8)15-2/h3-6H,7,13H2,1-2H3,(H2,12,14). The number of carbonyl (C=O) groups excluding carboxylic acids is 1. The van der Waals surface area contributed by atoms with Gasteiger partial charge in [-0.3, -0.25) is 4.79 Å². The molecule has 1 atom stereocenters. The van der Waals surface area contributed by atoms with E-state index in [4.69, 9.17) is 16.2 Å². The van der Waals surface area contributed by atoms with Gasteiger partial charge in [0, 0.05) is 0 Å². The molecule has 1 unspecified atom stereocenters. The smallest absolute Gasteiger partial charge is 0.237 e. The van der Waals surface area contributed by atoms with Crippen molar-refractivity contribution >= 4 is 5.91 Å². The van der Waals surface area contributed by atoms with Gasteiger partial charge in [-0.1, -0.05) is 12.1 Å². The third-order valence-electron chi connectivity index (χ3n) is 2.27. The fraction of sp³-hybridized carbons (Fsp3) is 0.364. The number of benzene rings is 1. The zero-order valence-corrected chi connectivity index (χ0v) is 8.99. The highest BCUT2D eigenvalue weighted by atomic mass is 16.5. The lowest BCUT2D eigenvalue weighted by atomic mass is 9.93. The Labute approximate surface area is 89.2 Å². The lowest BCUT2D eigenvalue weighted by Crippen LogP contribution is -2.51. The van der Waals surface area contributed by atoms with Crippen LogP contribution in [-0.2, 0) is 11.2 Å². The van der Waals surface area contributed by atoms with E-state index in [0.29, 0.717) is 6.42 Å². The summed E-state index contributed by atoms with van der Waals surface area (Å²) in [6.07, 6.45) is 0.402. The van der Waals surface area contributed by atoms with Crippen LogP contribution in [0.25, 0.3) is 0 Å². The maximum Gasteiger partial charge on any atom is 0.237 e. The Hall–Kier alpha value is -1.55. The molecule has 4 heteroatoms. The molecule has 0 aliphatic heterocycles. The number of hydrogen-bond acceptors (Lipinski definition) is 3. The lowest BCUT2D eigenvalue weighted by Gasteiger charge is -2.20. The molecule has 0 spiro atoms. The summed E-state index contributed by atoms with van der Waals surface area (Å²) in [4.78, 5) is 11.0. The predicted molar refractivity (Wildman–Crippen MR) is 58.5 cm³/mol. The Morgan fingerprint density at radius 2 is 2.20 bits per heavy atom. The van der Waals surface area contributed by atoms with Crippen molar-refractivity contribution in [3.05, 3.63) is 29.8 Å². The molecule has 0 saturated carbocycles. The number of amides is 1. The van der Waals surface area contributed by atoms with Crippen LogP contribution in [0.5, 0.6) is 5.75 Å². The van der Waals surface area contributed by atoms with Gasteiger partial charge < -0.3 is 16.2 Å². The highest BCUT2D eigenvalue weighted by Crippen LogP contribution is 2.16. The number of ether oxygens (including phenoxy) is 1. The molecular formula is C11H16N2O2. The van der Waals surface area contributed by atoms with E-state index >= 15 is 0 Å². The van der Waals surface area contributed by atoms with Crippen molar-refractivity contribution in [2.45, 2.75) is 18.9 Å². The van der Waals surface area contributed by atoms with Crippen LogP contribution in [-0.4, -0.2) is 18.6 Å². The summed E-state index contributed by atoms with van der Waals surface area (Å²) < 4.78 is 5.07. The third kappa shape index (κ3) is 2.95. The second kappa shape index (κ2) is 4.31. The first kappa shape index (κ1) is 11.5. The van der Waals surface area contributed by atoms with Gasteiger partial charge in [-0.15, -0.1) is 0 Å². The predicted octanol–water partition coefficient (Wildman–Crippen LogP) is 0.440. The number of hydrogen-bond donors (Lipinski definition) is 2. The molecule has 1 rings (SSSR count). The monoisotopic (exact) mass is 208 g/mol. The van der Waals surface area contributed by atoms with Gasteiger partial charge in [0.25, 0.3) is 0 Å². The maximum absolute atomic E-state index is 11.0.